The summed E-state index contributed by atoms with van der Waals surface area (Å²) < 4.78 is 33.1. The van der Waals surface area contributed by atoms with Crippen molar-refractivity contribution in [3.05, 3.63) is 63.1 Å². The second-order valence-electron chi connectivity index (χ2n) is 7.03. The number of carbonyl (C=O) groups is 1. The summed E-state index contributed by atoms with van der Waals surface area (Å²) in [6, 6.07) is 9.53. The number of amides is 1. The Kier molecular flexibility index (Phi) is 7.73. The van der Waals surface area contributed by atoms with E-state index in [0.717, 1.165) is 22.5 Å². The maximum absolute atomic E-state index is 12.6. The first kappa shape index (κ1) is 24.4. The Morgan fingerprint density at radius 1 is 1.12 bits per heavy atom. The molecule has 0 radical (unpaired) electrons. The third-order valence-corrected chi connectivity index (χ3v) is 7.71. The molecule has 2 aromatic carbocycles. The van der Waals surface area contributed by atoms with Crippen LogP contribution in [0.15, 0.2) is 40.7 Å². The fraction of sp³-hybridized carbons (Fsp3) is 0.250. The summed E-state index contributed by atoms with van der Waals surface area (Å²) >= 11 is 12.6. The molecule has 0 fully saturated rings. The van der Waals surface area contributed by atoms with E-state index in [2.05, 4.69) is 20.2 Å². The Morgan fingerprint density at radius 2 is 1.88 bits per heavy atom. The number of ether oxygens (including phenoxy) is 1. The molecule has 0 bridgehead atoms. The van der Waals surface area contributed by atoms with E-state index in [1.165, 1.54) is 18.2 Å². The number of carbonyl (C=O) groups excluding carboxylic acids is 1. The minimum Gasteiger partial charge on any atom is -0.492 e. The van der Waals surface area contributed by atoms with Gasteiger partial charge in [-0.25, -0.2) is 13.1 Å². The van der Waals surface area contributed by atoms with Crippen LogP contribution in [0.2, 0.25) is 10.0 Å². The molecule has 1 amide bonds. The van der Waals surface area contributed by atoms with Gasteiger partial charge in [0.2, 0.25) is 9.47 Å². The lowest BCUT2D eigenvalue weighted by atomic mass is 10.1. The molecule has 0 aliphatic heterocycles. The second kappa shape index (κ2) is 10.1. The quantitative estimate of drug-likeness (QED) is 0.429. The lowest BCUT2D eigenvalue weighted by Gasteiger charge is -2.14. The fourth-order valence-electron chi connectivity index (χ4n) is 2.58. The molecule has 0 spiro atoms. The van der Waals surface area contributed by atoms with Crippen LogP contribution in [0.25, 0.3) is 0 Å². The first-order valence-corrected chi connectivity index (χ1v) is 12.4. The van der Waals surface area contributed by atoms with Crippen molar-refractivity contribution in [3.63, 3.8) is 0 Å². The summed E-state index contributed by atoms with van der Waals surface area (Å²) in [4.78, 5) is 12.4. The van der Waals surface area contributed by atoms with Crippen molar-refractivity contribution in [1.29, 1.82) is 0 Å². The molecule has 1 heterocycles. The molecule has 3 rings (SSSR count). The Hall–Kier alpha value is -2.24. The largest absolute Gasteiger partial charge is 0.492 e. The maximum Gasteiger partial charge on any atom is 0.270 e. The molecule has 32 heavy (non-hydrogen) atoms. The van der Waals surface area contributed by atoms with Crippen molar-refractivity contribution in [2.45, 2.75) is 31.2 Å². The van der Waals surface area contributed by atoms with Crippen molar-refractivity contribution in [2.75, 3.05) is 11.9 Å². The van der Waals surface area contributed by atoms with Gasteiger partial charge in [-0.1, -0.05) is 40.6 Å². The third-order valence-electron chi connectivity index (χ3n) is 4.37. The molecule has 0 unspecified atom stereocenters. The summed E-state index contributed by atoms with van der Waals surface area (Å²) in [5.74, 6) is 0.0933. The van der Waals surface area contributed by atoms with Gasteiger partial charge >= 0.3 is 0 Å². The number of hydrogen-bond acceptors (Lipinski definition) is 7. The number of benzene rings is 2. The molecule has 3 aromatic rings. The van der Waals surface area contributed by atoms with E-state index in [1.807, 2.05) is 32.0 Å². The Morgan fingerprint density at radius 3 is 2.56 bits per heavy atom. The Balaban J connectivity index is 1.61. The highest BCUT2D eigenvalue weighted by molar-refractivity contribution is 7.91. The molecule has 1 atom stereocenters. The lowest BCUT2D eigenvalue weighted by Crippen LogP contribution is -2.36. The van der Waals surface area contributed by atoms with Crippen LogP contribution in [0.3, 0.4) is 0 Å². The third kappa shape index (κ3) is 6.17. The monoisotopic (exact) mass is 514 g/mol. The number of aryl methyl sites for hydroxylation is 2. The molecule has 0 saturated heterocycles. The van der Waals surface area contributed by atoms with Crippen molar-refractivity contribution in [3.8, 4) is 5.75 Å². The average Bonchev–Trinajstić information content (AvgIpc) is 3.18. The number of anilines is 1. The van der Waals surface area contributed by atoms with Gasteiger partial charge in [-0.15, -0.1) is 10.2 Å². The smallest absolute Gasteiger partial charge is 0.270 e. The first-order valence-electron chi connectivity index (χ1n) is 9.37. The van der Waals surface area contributed by atoms with Crippen LogP contribution in [0.4, 0.5) is 5.13 Å². The van der Waals surface area contributed by atoms with Crippen molar-refractivity contribution < 1.29 is 17.9 Å². The van der Waals surface area contributed by atoms with Crippen molar-refractivity contribution >= 4 is 55.6 Å². The molecule has 0 saturated carbocycles. The van der Waals surface area contributed by atoms with Gasteiger partial charge in [0.15, 0.2) is 0 Å². The predicted octanol–water partition coefficient (Wildman–Crippen LogP) is 4.46. The van der Waals surface area contributed by atoms with Crippen LogP contribution in [-0.4, -0.2) is 37.2 Å². The number of halogens is 2. The molecular weight excluding hydrogens is 495 g/mol. The Labute approximate surface area is 200 Å². The highest BCUT2D eigenvalue weighted by Crippen LogP contribution is 2.24. The summed E-state index contributed by atoms with van der Waals surface area (Å²) in [6.45, 7) is 5.77. The number of nitrogens with zero attached hydrogens (tertiary/aromatic N) is 2. The second-order valence-corrected chi connectivity index (χ2v) is 10.7. The Bertz CT molecular complexity index is 1250. The predicted molar refractivity (Wildman–Crippen MR) is 126 cm³/mol. The van der Waals surface area contributed by atoms with Gasteiger partial charge in [0.25, 0.3) is 15.9 Å². The van der Waals surface area contributed by atoms with Crippen LogP contribution >= 0.6 is 34.5 Å². The molecule has 170 valence electrons. The highest BCUT2D eigenvalue weighted by Gasteiger charge is 2.24. The van der Waals surface area contributed by atoms with Gasteiger partial charge < -0.3 is 4.74 Å². The summed E-state index contributed by atoms with van der Waals surface area (Å²) in [6.07, 6.45) is 0. The van der Waals surface area contributed by atoms with Gasteiger partial charge in [0.05, 0.1) is 16.6 Å². The fourth-order valence-corrected chi connectivity index (χ4v) is 5.21. The van der Waals surface area contributed by atoms with Crippen molar-refractivity contribution in [1.82, 2.24) is 14.9 Å². The van der Waals surface area contributed by atoms with Crippen LogP contribution in [-0.2, 0) is 10.0 Å². The summed E-state index contributed by atoms with van der Waals surface area (Å²) in [5, 5.41) is 10.4. The molecule has 1 aromatic heterocycles. The highest BCUT2D eigenvalue weighted by atomic mass is 35.5. The van der Waals surface area contributed by atoms with E-state index < -0.39 is 22.0 Å². The van der Waals surface area contributed by atoms with E-state index in [9.17, 15) is 13.2 Å². The van der Waals surface area contributed by atoms with Gasteiger partial charge in [-0.2, -0.15) is 0 Å². The normalized spacial score (nSPS) is 12.4. The zero-order valence-corrected chi connectivity index (χ0v) is 20.5. The molecular formula is C20H20Cl2N4O4S2. The average molecular weight is 515 g/mol. The molecule has 12 heteroatoms. The van der Waals surface area contributed by atoms with Gasteiger partial charge in [-0.3, -0.25) is 10.1 Å². The van der Waals surface area contributed by atoms with E-state index in [4.69, 9.17) is 27.9 Å². The zero-order valence-electron chi connectivity index (χ0n) is 17.3. The first-order chi connectivity index (χ1) is 15.0. The number of aromatic nitrogens is 2. The van der Waals surface area contributed by atoms with Crippen LogP contribution < -0.4 is 14.8 Å². The lowest BCUT2D eigenvalue weighted by molar-refractivity contribution is 0.102. The number of nitrogens with one attached hydrogen (secondary N) is 2. The summed E-state index contributed by atoms with van der Waals surface area (Å²) in [7, 11) is -3.95. The molecule has 0 aliphatic rings. The topological polar surface area (TPSA) is 110 Å². The molecule has 2 N–H and O–H groups in total. The number of sulfonamides is 1. The van der Waals surface area contributed by atoms with E-state index >= 15 is 0 Å². The van der Waals surface area contributed by atoms with Crippen LogP contribution in [0.1, 0.15) is 28.4 Å². The standard InChI is InChI=1S/C20H20Cl2N4O4S2/c1-11-4-6-15(8-12(11)2)30-10-13(3)26-32(28,29)20-25-24-19(31-20)23-18(27)16-7-5-14(21)9-17(16)22/h4-9,13,26H,10H2,1-3H3,(H,23,24,27)/t13-/m0/s1. The van der Waals surface area contributed by atoms with E-state index in [-0.39, 0.29) is 26.7 Å². The minimum absolute atomic E-state index is 0.0143. The van der Waals surface area contributed by atoms with Crippen LogP contribution in [0, 0.1) is 13.8 Å². The SMILES string of the molecule is Cc1ccc(OC[C@H](C)NS(=O)(=O)c2nnc(NC(=O)c3ccc(Cl)cc3Cl)s2)cc1C. The number of rotatable bonds is 8. The zero-order chi connectivity index (χ0) is 23.5. The number of hydrogen-bond donors (Lipinski definition) is 2. The van der Waals surface area contributed by atoms with Crippen LogP contribution in [0.5, 0.6) is 5.75 Å². The van der Waals surface area contributed by atoms with Crippen molar-refractivity contribution in [2.24, 2.45) is 0 Å². The van der Waals surface area contributed by atoms with E-state index in [1.54, 1.807) is 6.92 Å². The van der Waals surface area contributed by atoms with Gasteiger partial charge in [0, 0.05) is 5.02 Å². The van der Waals surface area contributed by atoms with Gasteiger partial charge in [-0.05, 0) is 62.2 Å². The van der Waals surface area contributed by atoms with Gasteiger partial charge in [0.1, 0.15) is 12.4 Å². The molecule has 8 nitrogen and oxygen atoms in total. The maximum atomic E-state index is 12.6. The molecule has 0 aliphatic carbocycles. The van der Waals surface area contributed by atoms with E-state index in [0.29, 0.717) is 10.8 Å². The minimum atomic E-state index is -3.95. The summed E-state index contributed by atoms with van der Waals surface area (Å²) in [5.41, 5.74) is 2.40.